The number of anilines is 1. The Bertz CT molecular complexity index is 1050. The predicted octanol–water partition coefficient (Wildman–Crippen LogP) is 3.30. The number of rotatable bonds is 4. The minimum absolute atomic E-state index is 0.153. The second-order valence-electron chi connectivity index (χ2n) is 6.58. The van der Waals surface area contributed by atoms with Crippen molar-refractivity contribution in [3.8, 4) is 0 Å². The first-order valence-corrected chi connectivity index (χ1v) is 9.78. The van der Waals surface area contributed by atoms with Gasteiger partial charge in [0.25, 0.3) is 5.91 Å². The van der Waals surface area contributed by atoms with E-state index in [2.05, 4.69) is 15.0 Å². The number of nitrogens with zero attached hydrogens (tertiary/aromatic N) is 4. The van der Waals surface area contributed by atoms with Gasteiger partial charge < -0.3 is 14.8 Å². The maximum atomic E-state index is 12.8. The molecule has 4 rings (SSSR count). The average molecular weight is 430 g/mol. The molecule has 1 amide bonds. The summed E-state index contributed by atoms with van der Waals surface area (Å²) < 4.78 is 0. The van der Waals surface area contributed by atoms with Crippen LogP contribution in [0, 0.1) is 0 Å². The topological polar surface area (TPSA) is 82.2 Å². The van der Waals surface area contributed by atoms with Gasteiger partial charge in [-0.3, -0.25) is 9.59 Å². The number of hydrogen-bond acceptors (Lipinski definition) is 5. The van der Waals surface area contributed by atoms with Crippen LogP contribution in [0.4, 0.5) is 5.95 Å². The maximum Gasteiger partial charge on any atom is 0.270 e. The Morgan fingerprint density at radius 3 is 2.41 bits per heavy atom. The van der Waals surface area contributed by atoms with Gasteiger partial charge >= 0.3 is 0 Å². The Kier molecular flexibility index (Phi) is 5.51. The van der Waals surface area contributed by atoms with Crippen molar-refractivity contribution in [3.05, 3.63) is 75.8 Å². The highest BCUT2D eigenvalue weighted by molar-refractivity contribution is 6.37. The van der Waals surface area contributed by atoms with Crippen molar-refractivity contribution in [2.75, 3.05) is 31.1 Å². The minimum Gasteiger partial charge on any atom is -0.356 e. The van der Waals surface area contributed by atoms with Crippen molar-refractivity contribution in [1.29, 1.82) is 0 Å². The van der Waals surface area contributed by atoms with Crippen LogP contribution >= 0.6 is 23.2 Å². The summed E-state index contributed by atoms with van der Waals surface area (Å²) in [6.45, 7) is 2.37. The Morgan fingerprint density at radius 2 is 1.72 bits per heavy atom. The van der Waals surface area contributed by atoms with Crippen molar-refractivity contribution in [1.82, 2.24) is 19.9 Å². The first-order chi connectivity index (χ1) is 14.0. The number of benzene rings is 1. The lowest BCUT2D eigenvalue weighted by Crippen LogP contribution is -2.49. The summed E-state index contributed by atoms with van der Waals surface area (Å²) in [5.74, 6) is 0.236. The lowest BCUT2D eigenvalue weighted by Gasteiger charge is -2.34. The molecule has 0 radical (unpaired) electrons. The van der Waals surface area contributed by atoms with E-state index in [9.17, 15) is 9.59 Å². The van der Waals surface area contributed by atoms with E-state index in [0.29, 0.717) is 54.0 Å². The highest BCUT2D eigenvalue weighted by atomic mass is 35.5. The van der Waals surface area contributed by atoms with E-state index in [4.69, 9.17) is 23.2 Å². The minimum atomic E-state index is -0.270. The van der Waals surface area contributed by atoms with E-state index in [-0.39, 0.29) is 16.7 Å². The summed E-state index contributed by atoms with van der Waals surface area (Å²) >= 11 is 12.0. The standard InChI is InChI=1S/C20H17Cl2N5O2/c21-14-2-3-15(16(22)11-14)18(28)13-10-17(25-12-13)19(29)26-6-8-27(9-7-26)20-23-4-1-5-24-20/h1-5,10-12,25H,6-9H2. The lowest BCUT2D eigenvalue weighted by atomic mass is 10.1. The molecule has 0 atom stereocenters. The summed E-state index contributed by atoms with van der Waals surface area (Å²) in [6, 6.07) is 8.03. The van der Waals surface area contributed by atoms with E-state index < -0.39 is 0 Å². The number of aromatic nitrogens is 3. The van der Waals surface area contributed by atoms with Crippen LogP contribution in [-0.2, 0) is 0 Å². The molecule has 1 saturated heterocycles. The molecule has 1 aromatic carbocycles. The Labute approximate surface area is 177 Å². The molecule has 0 unspecified atom stereocenters. The molecule has 1 aliphatic rings. The molecule has 1 aliphatic heterocycles. The first kappa shape index (κ1) is 19.4. The van der Waals surface area contributed by atoms with Crippen LogP contribution in [0.5, 0.6) is 0 Å². The van der Waals surface area contributed by atoms with Crippen molar-refractivity contribution in [2.45, 2.75) is 0 Å². The van der Waals surface area contributed by atoms with Gasteiger partial charge in [0.2, 0.25) is 5.95 Å². The third-order valence-corrected chi connectivity index (χ3v) is 5.30. The maximum absolute atomic E-state index is 12.8. The summed E-state index contributed by atoms with van der Waals surface area (Å²) in [6.07, 6.45) is 4.92. The predicted molar refractivity (Wildman–Crippen MR) is 111 cm³/mol. The quantitative estimate of drug-likeness (QED) is 0.643. The van der Waals surface area contributed by atoms with E-state index in [1.54, 1.807) is 41.6 Å². The summed E-state index contributed by atoms with van der Waals surface area (Å²) in [5, 5.41) is 0.729. The van der Waals surface area contributed by atoms with Crippen LogP contribution in [0.15, 0.2) is 48.9 Å². The van der Waals surface area contributed by atoms with Crippen LogP contribution in [-0.4, -0.2) is 57.7 Å². The molecule has 2 aromatic heterocycles. The van der Waals surface area contributed by atoms with E-state index in [1.807, 2.05) is 4.90 Å². The molecule has 0 aliphatic carbocycles. The molecule has 148 valence electrons. The average Bonchev–Trinajstić information content (AvgIpc) is 3.24. The Balaban J connectivity index is 1.43. The number of piperazine rings is 1. The van der Waals surface area contributed by atoms with Crippen molar-refractivity contribution in [3.63, 3.8) is 0 Å². The van der Waals surface area contributed by atoms with Crippen LogP contribution in [0.2, 0.25) is 10.0 Å². The number of H-pyrrole nitrogens is 1. The van der Waals surface area contributed by atoms with Gasteiger partial charge in [-0.05, 0) is 30.3 Å². The molecule has 0 spiro atoms. The number of halogens is 2. The smallest absolute Gasteiger partial charge is 0.270 e. The van der Waals surface area contributed by atoms with Crippen molar-refractivity contribution in [2.24, 2.45) is 0 Å². The van der Waals surface area contributed by atoms with Gasteiger partial charge in [-0.2, -0.15) is 0 Å². The van der Waals surface area contributed by atoms with Crippen LogP contribution < -0.4 is 4.90 Å². The number of amides is 1. The number of hydrogen-bond donors (Lipinski definition) is 1. The summed E-state index contributed by atoms with van der Waals surface area (Å²) in [7, 11) is 0. The van der Waals surface area contributed by atoms with Crippen molar-refractivity contribution < 1.29 is 9.59 Å². The molecule has 0 saturated carbocycles. The largest absolute Gasteiger partial charge is 0.356 e. The number of ketones is 1. The van der Waals surface area contributed by atoms with Gasteiger partial charge in [-0.25, -0.2) is 9.97 Å². The summed E-state index contributed by atoms with van der Waals surface area (Å²) in [4.78, 5) is 40.7. The van der Waals surface area contributed by atoms with Gasteiger partial charge in [0.1, 0.15) is 5.69 Å². The molecule has 7 nitrogen and oxygen atoms in total. The van der Waals surface area contributed by atoms with Gasteiger partial charge in [0, 0.05) is 60.9 Å². The number of carbonyl (C=O) groups excluding carboxylic acids is 2. The highest BCUT2D eigenvalue weighted by Crippen LogP contribution is 2.24. The van der Waals surface area contributed by atoms with Crippen LogP contribution in [0.25, 0.3) is 0 Å². The zero-order chi connectivity index (χ0) is 20.4. The number of carbonyl (C=O) groups is 2. The van der Waals surface area contributed by atoms with Crippen LogP contribution in [0.1, 0.15) is 26.4 Å². The molecule has 0 bridgehead atoms. The fourth-order valence-electron chi connectivity index (χ4n) is 3.21. The fourth-order valence-corrected chi connectivity index (χ4v) is 3.71. The molecular weight excluding hydrogens is 413 g/mol. The number of nitrogens with one attached hydrogen (secondary N) is 1. The van der Waals surface area contributed by atoms with Gasteiger partial charge in [-0.1, -0.05) is 23.2 Å². The zero-order valence-electron chi connectivity index (χ0n) is 15.3. The lowest BCUT2D eigenvalue weighted by molar-refractivity contribution is 0.0741. The molecule has 3 heterocycles. The molecule has 3 aromatic rings. The van der Waals surface area contributed by atoms with Gasteiger partial charge in [-0.15, -0.1) is 0 Å². The first-order valence-electron chi connectivity index (χ1n) is 9.02. The molecular formula is C20H17Cl2N5O2. The highest BCUT2D eigenvalue weighted by Gasteiger charge is 2.25. The van der Waals surface area contributed by atoms with E-state index >= 15 is 0 Å². The van der Waals surface area contributed by atoms with E-state index in [0.717, 1.165) is 0 Å². The third kappa shape index (κ3) is 4.11. The molecule has 29 heavy (non-hydrogen) atoms. The van der Waals surface area contributed by atoms with E-state index in [1.165, 1.54) is 12.3 Å². The van der Waals surface area contributed by atoms with Crippen molar-refractivity contribution >= 4 is 40.8 Å². The second-order valence-corrected chi connectivity index (χ2v) is 7.43. The monoisotopic (exact) mass is 429 g/mol. The molecule has 1 fully saturated rings. The normalized spacial score (nSPS) is 14.1. The molecule has 1 N–H and O–H groups in total. The fraction of sp³-hybridized carbons (Fsp3) is 0.200. The zero-order valence-corrected chi connectivity index (χ0v) is 16.8. The summed E-state index contributed by atoms with van der Waals surface area (Å²) in [5.41, 5.74) is 1.07. The van der Waals surface area contributed by atoms with Gasteiger partial charge in [0.15, 0.2) is 5.78 Å². The molecule has 9 heteroatoms. The SMILES string of the molecule is O=C(c1c[nH]c(C(=O)N2CCN(c3ncccn3)CC2)c1)c1ccc(Cl)cc1Cl. The second kappa shape index (κ2) is 8.23. The third-order valence-electron chi connectivity index (χ3n) is 4.75. The number of aromatic amines is 1. The van der Waals surface area contributed by atoms with Gasteiger partial charge in [0.05, 0.1) is 5.02 Å². The Hall–Kier alpha value is -2.90. The Morgan fingerprint density at radius 1 is 1.00 bits per heavy atom. The van der Waals surface area contributed by atoms with Crippen LogP contribution in [0.3, 0.4) is 0 Å².